The molecule has 0 N–H and O–H groups in total. The van der Waals surface area contributed by atoms with E-state index in [-0.39, 0.29) is 5.91 Å². The van der Waals surface area contributed by atoms with Crippen LogP contribution in [-0.2, 0) is 0 Å². The summed E-state index contributed by atoms with van der Waals surface area (Å²) >= 11 is 1.03. The molecule has 0 aromatic heterocycles. The number of carbonyl (C=O) groups is 1. The number of hydrogen-bond acceptors (Lipinski definition) is 3. The van der Waals surface area contributed by atoms with E-state index in [1.54, 1.807) is 17.0 Å². The molecule has 0 spiro atoms. The predicted octanol–water partition coefficient (Wildman–Crippen LogP) is 2.74. The van der Waals surface area contributed by atoms with Crippen LogP contribution in [0, 0.1) is 10.7 Å². The molecular formula is C12H14N2OS. The topological polar surface area (TPSA) is 44.1 Å². The van der Waals surface area contributed by atoms with E-state index in [0.29, 0.717) is 18.7 Å². The summed E-state index contributed by atoms with van der Waals surface area (Å²) in [5, 5.41) is 10.7. The minimum absolute atomic E-state index is 0.0108. The largest absolute Gasteiger partial charge is 0.339 e. The monoisotopic (exact) mass is 234 g/mol. The van der Waals surface area contributed by atoms with Crippen molar-refractivity contribution in [1.29, 1.82) is 5.26 Å². The predicted molar refractivity (Wildman–Crippen MR) is 65.2 cm³/mol. The standard InChI is InChI=1S/C12H14N2OS/c1-3-14(4-2)12(15)10-7-5-6-8-11(10)16-9-13/h5-8H,3-4H2,1-2H3. The van der Waals surface area contributed by atoms with Gasteiger partial charge in [-0.3, -0.25) is 4.79 Å². The minimum atomic E-state index is -0.0108. The number of hydrogen-bond donors (Lipinski definition) is 0. The molecule has 0 saturated heterocycles. The van der Waals surface area contributed by atoms with Gasteiger partial charge in [-0.1, -0.05) is 12.1 Å². The summed E-state index contributed by atoms with van der Waals surface area (Å²) in [6.07, 6.45) is 0. The number of rotatable bonds is 4. The second kappa shape index (κ2) is 6.19. The van der Waals surface area contributed by atoms with Crippen molar-refractivity contribution in [2.24, 2.45) is 0 Å². The van der Waals surface area contributed by atoms with Gasteiger partial charge in [0, 0.05) is 18.0 Å². The molecular weight excluding hydrogens is 220 g/mol. The van der Waals surface area contributed by atoms with Crippen molar-refractivity contribution < 1.29 is 4.79 Å². The molecule has 1 rings (SSSR count). The zero-order chi connectivity index (χ0) is 12.0. The number of nitriles is 1. The Morgan fingerprint density at radius 3 is 2.56 bits per heavy atom. The average Bonchev–Trinajstić information content (AvgIpc) is 2.31. The van der Waals surface area contributed by atoms with Gasteiger partial charge in [0.05, 0.1) is 5.56 Å². The summed E-state index contributed by atoms with van der Waals surface area (Å²) in [7, 11) is 0. The number of thiocyanates is 1. The molecule has 0 atom stereocenters. The summed E-state index contributed by atoms with van der Waals surface area (Å²) in [5.41, 5.74) is 0.609. The Balaban J connectivity index is 3.03. The summed E-state index contributed by atoms with van der Waals surface area (Å²) in [5.74, 6) is -0.0108. The molecule has 0 radical (unpaired) electrons. The molecule has 1 aromatic carbocycles. The number of nitrogens with zero attached hydrogens (tertiary/aromatic N) is 2. The molecule has 0 fully saturated rings. The maximum absolute atomic E-state index is 12.1. The highest BCUT2D eigenvalue weighted by Gasteiger charge is 2.15. The first-order chi connectivity index (χ1) is 7.74. The Labute approximate surface area is 100 Å². The maximum atomic E-state index is 12.1. The van der Waals surface area contributed by atoms with Gasteiger partial charge in [-0.25, -0.2) is 0 Å². The van der Waals surface area contributed by atoms with Crippen LogP contribution in [0.5, 0.6) is 0 Å². The van der Waals surface area contributed by atoms with E-state index in [4.69, 9.17) is 5.26 Å². The Hall–Kier alpha value is -1.47. The average molecular weight is 234 g/mol. The van der Waals surface area contributed by atoms with E-state index in [9.17, 15) is 4.79 Å². The van der Waals surface area contributed by atoms with Crippen molar-refractivity contribution in [1.82, 2.24) is 4.90 Å². The van der Waals surface area contributed by atoms with Crippen LogP contribution in [-0.4, -0.2) is 23.9 Å². The van der Waals surface area contributed by atoms with Crippen LogP contribution in [0.15, 0.2) is 29.2 Å². The first kappa shape index (κ1) is 12.6. The number of carbonyl (C=O) groups excluding carboxylic acids is 1. The van der Waals surface area contributed by atoms with Gasteiger partial charge in [-0.15, -0.1) is 0 Å². The summed E-state index contributed by atoms with van der Waals surface area (Å²) in [6, 6.07) is 7.21. The molecule has 1 amide bonds. The lowest BCUT2D eigenvalue weighted by atomic mass is 10.2. The molecule has 0 aliphatic heterocycles. The molecule has 0 aliphatic rings. The first-order valence-corrected chi connectivity index (χ1v) is 6.00. The van der Waals surface area contributed by atoms with Gasteiger partial charge in [-0.05, 0) is 37.7 Å². The summed E-state index contributed by atoms with van der Waals surface area (Å²) in [6.45, 7) is 5.25. The second-order valence-electron chi connectivity index (χ2n) is 3.17. The minimum Gasteiger partial charge on any atom is -0.339 e. The normalized spacial score (nSPS) is 9.56. The lowest BCUT2D eigenvalue weighted by Gasteiger charge is -2.19. The fraction of sp³-hybridized carbons (Fsp3) is 0.333. The highest BCUT2D eigenvalue weighted by molar-refractivity contribution is 8.03. The molecule has 16 heavy (non-hydrogen) atoms. The smallest absolute Gasteiger partial charge is 0.255 e. The van der Waals surface area contributed by atoms with Crippen molar-refractivity contribution in [2.75, 3.05) is 13.1 Å². The highest BCUT2D eigenvalue weighted by atomic mass is 32.2. The highest BCUT2D eigenvalue weighted by Crippen LogP contribution is 2.22. The van der Waals surface area contributed by atoms with Crippen LogP contribution < -0.4 is 0 Å². The summed E-state index contributed by atoms with van der Waals surface area (Å²) < 4.78 is 0. The van der Waals surface area contributed by atoms with Crippen molar-refractivity contribution in [3.8, 4) is 5.40 Å². The van der Waals surface area contributed by atoms with E-state index in [2.05, 4.69) is 0 Å². The van der Waals surface area contributed by atoms with E-state index in [0.717, 1.165) is 16.7 Å². The quantitative estimate of drug-likeness (QED) is 0.594. The van der Waals surface area contributed by atoms with Crippen molar-refractivity contribution in [3.63, 3.8) is 0 Å². The molecule has 0 heterocycles. The zero-order valence-electron chi connectivity index (χ0n) is 9.43. The third-order valence-corrected chi connectivity index (χ3v) is 2.99. The lowest BCUT2D eigenvalue weighted by molar-refractivity contribution is 0.0769. The van der Waals surface area contributed by atoms with E-state index >= 15 is 0 Å². The van der Waals surface area contributed by atoms with Crippen molar-refractivity contribution in [3.05, 3.63) is 29.8 Å². The van der Waals surface area contributed by atoms with Crippen LogP contribution in [0.3, 0.4) is 0 Å². The molecule has 3 nitrogen and oxygen atoms in total. The zero-order valence-corrected chi connectivity index (χ0v) is 10.3. The van der Waals surface area contributed by atoms with Crippen molar-refractivity contribution >= 4 is 17.7 Å². The third-order valence-electron chi connectivity index (χ3n) is 2.32. The van der Waals surface area contributed by atoms with Crippen LogP contribution >= 0.6 is 11.8 Å². The molecule has 0 bridgehead atoms. The molecule has 0 unspecified atom stereocenters. The number of benzene rings is 1. The van der Waals surface area contributed by atoms with E-state index < -0.39 is 0 Å². The van der Waals surface area contributed by atoms with Gasteiger partial charge in [0.1, 0.15) is 5.40 Å². The molecule has 4 heteroatoms. The van der Waals surface area contributed by atoms with E-state index in [1.807, 2.05) is 31.4 Å². The maximum Gasteiger partial charge on any atom is 0.255 e. The van der Waals surface area contributed by atoms with Gasteiger partial charge >= 0.3 is 0 Å². The Morgan fingerprint density at radius 2 is 2.00 bits per heavy atom. The van der Waals surface area contributed by atoms with Crippen LogP contribution in [0.4, 0.5) is 0 Å². The number of amides is 1. The SMILES string of the molecule is CCN(CC)C(=O)c1ccccc1SC#N. The van der Waals surface area contributed by atoms with Crippen LogP contribution in [0.25, 0.3) is 0 Å². The Bertz CT molecular complexity index is 408. The fourth-order valence-electron chi connectivity index (χ4n) is 1.46. The molecule has 84 valence electrons. The van der Waals surface area contributed by atoms with Crippen LogP contribution in [0.2, 0.25) is 0 Å². The number of thioether (sulfide) groups is 1. The lowest BCUT2D eigenvalue weighted by Crippen LogP contribution is -2.30. The third kappa shape index (κ3) is 2.77. The molecule has 1 aromatic rings. The second-order valence-corrected chi connectivity index (χ2v) is 3.99. The van der Waals surface area contributed by atoms with E-state index in [1.165, 1.54) is 0 Å². The van der Waals surface area contributed by atoms with Gasteiger partial charge in [-0.2, -0.15) is 5.26 Å². The first-order valence-electron chi connectivity index (χ1n) is 5.18. The van der Waals surface area contributed by atoms with Crippen molar-refractivity contribution in [2.45, 2.75) is 18.7 Å². The Morgan fingerprint density at radius 1 is 1.38 bits per heavy atom. The van der Waals surface area contributed by atoms with Gasteiger partial charge in [0.25, 0.3) is 5.91 Å². The van der Waals surface area contributed by atoms with Crippen LogP contribution in [0.1, 0.15) is 24.2 Å². The van der Waals surface area contributed by atoms with Gasteiger partial charge in [0.15, 0.2) is 0 Å². The molecule has 0 aliphatic carbocycles. The summed E-state index contributed by atoms with van der Waals surface area (Å²) in [4.78, 5) is 14.6. The van der Waals surface area contributed by atoms with Gasteiger partial charge in [0.2, 0.25) is 0 Å². The van der Waals surface area contributed by atoms with Gasteiger partial charge < -0.3 is 4.90 Å². The fourth-order valence-corrected chi connectivity index (χ4v) is 1.97. The Kier molecular flexibility index (Phi) is 4.87. The molecule has 0 saturated carbocycles.